The molecule has 0 atom stereocenters. The molecule has 0 amide bonds. The minimum atomic E-state index is 1.22. The average Bonchev–Trinajstić information content (AvgIpc) is 2.03. The third-order valence-corrected chi connectivity index (χ3v) is 3.80. The van der Waals surface area contributed by atoms with Crippen molar-refractivity contribution in [1.82, 2.24) is 0 Å². The summed E-state index contributed by atoms with van der Waals surface area (Å²) in [6, 6.07) is 0. The van der Waals surface area contributed by atoms with Crippen LogP contribution in [-0.4, -0.2) is 5.75 Å². The van der Waals surface area contributed by atoms with Crippen LogP contribution in [0.4, 0.5) is 0 Å². The topological polar surface area (TPSA) is 0 Å². The Labute approximate surface area is 83.5 Å². The number of unbranched alkanes of at least 4 members (excludes halogenated alkanes) is 5. The minimum absolute atomic E-state index is 1.22. The summed E-state index contributed by atoms with van der Waals surface area (Å²) in [6.45, 7) is 2.20. The van der Waals surface area contributed by atoms with Gasteiger partial charge in [0.15, 0.2) is 0 Å². The van der Waals surface area contributed by atoms with Crippen LogP contribution in [0.1, 0.15) is 39.0 Å². The lowest BCUT2D eigenvalue weighted by Gasteiger charge is -1.98. The molecule has 0 aromatic carbocycles. The second-order valence-electron chi connectivity index (χ2n) is 2.44. The van der Waals surface area contributed by atoms with Crippen molar-refractivity contribution in [3.8, 4) is 0 Å². The predicted octanol–water partition coefficient (Wildman–Crippen LogP) is 4.39. The SMILES string of the molecule is CC[CH]CCCCCSSS. The van der Waals surface area contributed by atoms with Crippen molar-refractivity contribution in [2.24, 2.45) is 0 Å². The number of hydrogen-bond donors (Lipinski definition) is 1. The van der Waals surface area contributed by atoms with Crippen LogP contribution in [0.2, 0.25) is 0 Å². The summed E-state index contributed by atoms with van der Waals surface area (Å²) in [4.78, 5) is 0. The molecular formula is C8H17S3. The van der Waals surface area contributed by atoms with Gasteiger partial charge in [-0.2, -0.15) is 0 Å². The van der Waals surface area contributed by atoms with Crippen LogP contribution >= 0.6 is 32.3 Å². The fourth-order valence-corrected chi connectivity index (χ4v) is 2.51. The molecule has 0 heterocycles. The molecule has 0 unspecified atom stereocenters. The first-order valence-corrected chi connectivity index (χ1v) is 7.53. The third-order valence-electron chi connectivity index (χ3n) is 1.48. The molecule has 0 saturated carbocycles. The zero-order valence-electron chi connectivity index (χ0n) is 7.08. The maximum absolute atomic E-state index is 4.05. The fraction of sp³-hybridized carbons (Fsp3) is 0.875. The van der Waals surface area contributed by atoms with E-state index in [1.54, 1.807) is 9.83 Å². The van der Waals surface area contributed by atoms with Gasteiger partial charge in [0.25, 0.3) is 0 Å². The van der Waals surface area contributed by atoms with Gasteiger partial charge in [-0.15, -0.1) is 0 Å². The van der Waals surface area contributed by atoms with Gasteiger partial charge in [0.05, 0.1) is 0 Å². The van der Waals surface area contributed by atoms with Gasteiger partial charge < -0.3 is 0 Å². The first kappa shape index (κ1) is 12.0. The molecule has 0 aromatic heterocycles. The summed E-state index contributed by atoms with van der Waals surface area (Å²) in [6.07, 6.45) is 8.97. The van der Waals surface area contributed by atoms with Crippen LogP contribution in [0, 0.1) is 6.42 Å². The largest absolute Gasteiger partial charge is 0.0997 e. The van der Waals surface area contributed by atoms with E-state index < -0.39 is 0 Å². The van der Waals surface area contributed by atoms with E-state index in [-0.39, 0.29) is 0 Å². The number of hydrogen-bond acceptors (Lipinski definition) is 3. The van der Waals surface area contributed by atoms with E-state index in [1.165, 1.54) is 37.9 Å². The Kier molecular flexibility index (Phi) is 12.1. The molecule has 0 aliphatic carbocycles. The maximum atomic E-state index is 4.05. The van der Waals surface area contributed by atoms with Gasteiger partial charge >= 0.3 is 0 Å². The van der Waals surface area contributed by atoms with E-state index >= 15 is 0 Å². The second-order valence-corrected chi connectivity index (χ2v) is 5.73. The molecule has 1 radical (unpaired) electrons. The Balaban J connectivity index is 2.69. The highest BCUT2D eigenvalue weighted by Crippen LogP contribution is 2.25. The van der Waals surface area contributed by atoms with Crippen LogP contribution in [-0.2, 0) is 0 Å². The highest BCUT2D eigenvalue weighted by molar-refractivity contribution is 9.05. The van der Waals surface area contributed by atoms with Crippen molar-refractivity contribution >= 4 is 32.3 Å². The molecule has 67 valence electrons. The molecule has 0 aromatic rings. The molecule has 11 heavy (non-hydrogen) atoms. The standard InChI is InChI=1S/C8H17S3/c1-2-3-4-5-6-7-8-10-11-9/h3,9H,2,4-8H2,1H3. The maximum Gasteiger partial charge on any atom is 0.00450 e. The summed E-state index contributed by atoms with van der Waals surface area (Å²) >= 11 is 4.05. The van der Waals surface area contributed by atoms with Crippen LogP contribution in [0.25, 0.3) is 0 Å². The van der Waals surface area contributed by atoms with E-state index in [1.807, 2.05) is 10.8 Å². The zero-order valence-corrected chi connectivity index (χ0v) is 9.61. The summed E-state index contributed by atoms with van der Waals surface area (Å²) in [7, 11) is 3.42. The van der Waals surface area contributed by atoms with Crippen LogP contribution in [0.5, 0.6) is 0 Å². The molecule has 0 bridgehead atoms. The number of thiol groups is 1. The predicted molar refractivity (Wildman–Crippen MR) is 62.1 cm³/mol. The Bertz CT molecular complexity index is 58.4. The van der Waals surface area contributed by atoms with Crippen molar-refractivity contribution < 1.29 is 0 Å². The van der Waals surface area contributed by atoms with E-state index in [9.17, 15) is 0 Å². The Morgan fingerprint density at radius 1 is 1.27 bits per heavy atom. The van der Waals surface area contributed by atoms with Crippen molar-refractivity contribution in [3.63, 3.8) is 0 Å². The second kappa shape index (κ2) is 11.1. The summed E-state index contributed by atoms with van der Waals surface area (Å²) in [5.74, 6) is 1.25. The lowest BCUT2D eigenvalue weighted by atomic mass is 10.1. The van der Waals surface area contributed by atoms with Gasteiger partial charge in [0.1, 0.15) is 0 Å². The lowest BCUT2D eigenvalue weighted by Crippen LogP contribution is -1.80. The Morgan fingerprint density at radius 2 is 2.09 bits per heavy atom. The van der Waals surface area contributed by atoms with Crippen molar-refractivity contribution in [1.29, 1.82) is 0 Å². The Morgan fingerprint density at radius 3 is 2.73 bits per heavy atom. The van der Waals surface area contributed by atoms with Gasteiger partial charge in [-0.05, 0) is 22.7 Å². The van der Waals surface area contributed by atoms with E-state index in [4.69, 9.17) is 0 Å². The lowest BCUT2D eigenvalue weighted by molar-refractivity contribution is 0.703. The molecule has 0 fully saturated rings. The molecule has 0 aliphatic heterocycles. The summed E-state index contributed by atoms with van der Waals surface area (Å²) in [5.41, 5.74) is 0. The molecule has 0 nitrogen and oxygen atoms in total. The molecular weight excluding hydrogens is 192 g/mol. The van der Waals surface area contributed by atoms with Crippen molar-refractivity contribution in [3.05, 3.63) is 6.42 Å². The van der Waals surface area contributed by atoms with Crippen molar-refractivity contribution in [2.45, 2.75) is 39.0 Å². The normalized spacial score (nSPS) is 10.4. The summed E-state index contributed by atoms with van der Waals surface area (Å²) in [5, 5.41) is 0. The molecule has 0 rings (SSSR count). The molecule has 0 aliphatic rings. The van der Waals surface area contributed by atoms with Gasteiger partial charge in [-0.25, -0.2) is 0 Å². The highest BCUT2D eigenvalue weighted by atomic mass is 33.5. The summed E-state index contributed by atoms with van der Waals surface area (Å²) < 4.78 is 0. The van der Waals surface area contributed by atoms with Crippen LogP contribution < -0.4 is 0 Å². The molecule has 3 heteroatoms. The molecule has 0 spiro atoms. The quantitative estimate of drug-likeness (QED) is 0.358. The third kappa shape index (κ3) is 11.0. The average molecular weight is 209 g/mol. The smallest absolute Gasteiger partial charge is 0.00450 e. The first-order valence-electron chi connectivity index (χ1n) is 4.16. The first-order chi connectivity index (χ1) is 5.41. The molecule has 0 N–H and O–H groups in total. The van der Waals surface area contributed by atoms with E-state index in [2.05, 4.69) is 25.0 Å². The minimum Gasteiger partial charge on any atom is -0.0997 e. The van der Waals surface area contributed by atoms with Crippen LogP contribution in [0.15, 0.2) is 0 Å². The van der Waals surface area contributed by atoms with Crippen molar-refractivity contribution in [2.75, 3.05) is 5.75 Å². The molecule has 0 saturated heterocycles. The van der Waals surface area contributed by atoms with E-state index in [0.717, 1.165) is 0 Å². The highest BCUT2D eigenvalue weighted by Gasteiger charge is 1.89. The van der Waals surface area contributed by atoms with Crippen LogP contribution in [0.3, 0.4) is 0 Å². The monoisotopic (exact) mass is 209 g/mol. The fourth-order valence-electron chi connectivity index (χ4n) is 0.868. The van der Waals surface area contributed by atoms with Gasteiger partial charge in [0, 0.05) is 5.75 Å². The Hall–Kier alpha value is 1.05. The number of rotatable bonds is 8. The van der Waals surface area contributed by atoms with Gasteiger partial charge in [-0.3, -0.25) is 0 Å². The van der Waals surface area contributed by atoms with Gasteiger partial charge in [0.2, 0.25) is 0 Å². The zero-order chi connectivity index (χ0) is 8.36. The van der Waals surface area contributed by atoms with E-state index in [0.29, 0.717) is 0 Å². The van der Waals surface area contributed by atoms with Gasteiger partial charge in [-0.1, -0.05) is 55.1 Å².